The maximum absolute atomic E-state index is 14.0. The summed E-state index contributed by atoms with van der Waals surface area (Å²) in [5.41, 5.74) is 4.92. The molecule has 188 valence electrons. The Kier molecular flexibility index (Phi) is 7.01. The molecule has 0 saturated heterocycles. The minimum atomic E-state index is -1.04. The van der Waals surface area contributed by atoms with Crippen LogP contribution in [0.15, 0.2) is 79.1 Å². The number of hydrogen-bond donors (Lipinski definition) is 2. The summed E-state index contributed by atoms with van der Waals surface area (Å²) in [7, 11) is 0. The standard InChI is InChI=1S/C29H26IN3O4/c1-18-12-19(13-22(30)27(18)34)15-32-17-31-23-16-33(25(29(36)37)14-24(23)32)28(35)26(20-8-4-2-5-9-20)21-10-6-3-7-11-21/h2-13,17,25-26,34H,14-16H2,1H3,(H,36,37). The van der Waals surface area contributed by atoms with Gasteiger partial charge in [0.25, 0.3) is 0 Å². The van der Waals surface area contributed by atoms with Gasteiger partial charge in [-0.25, -0.2) is 9.78 Å². The van der Waals surface area contributed by atoms with Crippen molar-refractivity contribution in [2.45, 2.75) is 38.4 Å². The molecule has 4 aromatic rings. The summed E-state index contributed by atoms with van der Waals surface area (Å²) in [6.45, 7) is 2.47. The molecule has 0 bridgehead atoms. The van der Waals surface area contributed by atoms with Gasteiger partial charge in [0.05, 0.1) is 28.1 Å². The van der Waals surface area contributed by atoms with Gasteiger partial charge in [0.1, 0.15) is 11.8 Å². The second kappa shape index (κ2) is 10.4. The molecule has 0 spiro atoms. The number of halogens is 1. The van der Waals surface area contributed by atoms with Gasteiger partial charge in [-0.15, -0.1) is 0 Å². The molecule has 0 saturated carbocycles. The van der Waals surface area contributed by atoms with Crippen molar-refractivity contribution < 1.29 is 19.8 Å². The first-order valence-electron chi connectivity index (χ1n) is 12.0. The Labute approximate surface area is 228 Å². The van der Waals surface area contributed by atoms with E-state index < -0.39 is 17.9 Å². The number of fused-ring (bicyclic) bond motifs is 1. The molecule has 1 atom stereocenters. The summed E-state index contributed by atoms with van der Waals surface area (Å²) < 4.78 is 2.70. The number of nitrogens with zero attached hydrogens (tertiary/aromatic N) is 3. The molecule has 8 heteroatoms. The molecular weight excluding hydrogens is 581 g/mol. The number of carbonyl (C=O) groups excluding carboxylic acids is 1. The number of aromatic hydroxyl groups is 1. The van der Waals surface area contributed by atoms with Crippen LogP contribution in [-0.2, 0) is 29.1 Å². The van der Waals surface area contributed by atoms with Crippen LogP contribution in [-0.4, -0.2) is 42.6 Å². The molecule has 1 aliphatic heterocycles. The Morgan fingerprint density at radius 3 is 2.24 bits per heavy atom. The number of amides is 1. The van der Waals surface area contributed by atoms with E-state index in [9.17, 15) is 19.8 Å². The van der Waals surface area contributed by atoms with Crippen LogP contribution < -0.4 is 0 Å². The van der Waals surface area contributed by atoms with Gasteiger partial charge in [-0.2, -0.15) is 0 Å². The van der Waals surface area contributed by atoms with E-state index in [-0.39, 0.29) is 24.6 Å². The Balaban J connectivity index is 1.48. The fourth-order valence-electron chi connectivity index (χ4n) is 5.00. The zero-order chi connectivity index (χ0) is 26.1. The van der Waals surface area contributed by atoms with E-state index in [0.29, 0.717) is 12.2 Å². The number of benzene rings is 3. The van der Waals surface area contributed by atoms with Crippen LogP contribution in [0.3, 0.4) is 0 Å². The third kappa shape index (κ3) is 4.98. The van der Waals surface area contributed by atoms with Crippen LogP contribution in [0.4, 0.5) is 0 Å². The first-order valence-corrected chi connectivity index (χ1v) is 13.1. The second-order valence-electron chi connectivity index (χ2n) is 9.29. The smallest absolute Gasteiger partial charge is 0.326 e. The Bertz CT molecular complexity index is 1390. The molecule has 3 aromatic carbocycles. The van der Waals surface area contributed by atoms with Gasteiger partial charge in [0, 0.05) is 18.7 Å². The number of phenols is 1. The molecular formula is C29H26IN3O4. The van der Waals surface area contributed by atoms with Gasteiger partial charge >= 0.3 is 5.97 Å². The zero-order valence-corrected chi connectivity index (χ0v) is 22.4. The lowest BCUT2D eigenvalue weighted by molar-refractivity contribution is -0.151. The van der Waals surface area contributed by atoms with Crippen LogP contribution >= 0.6 is 22.6 Å². The molecule has 7 nitrogen and oxygen atoms in total. The summed E-state index contributed by atoms with van der Waals surface area (Å²) >= 11 is 2.10. The van der Waals surface area contributed by atoms with Gasteiger partial charge in [-0.3, -0.25) is 4.79 Å². The lowest BCUT2D eigenvalue weighted by atomic mass is 9.88. The first-order chi connectivity index (χ1) is 17.8. The van der Waals surface area contributed by atoms with Crippen LogP contribution in [0.2, 0.25) is 0 Å². The second-order valence-corrected chi connectivity index (χ2v) is 10.4. The van der Waals surface area contributed by atoms with Crippen molar-refractivity contribution in [3.63, 3.8) is 0 Å². The van der Waals surface area contributed by atoms with Gasteiger partial charge in [-0.05, 0) is 57.8 Å². The minimum Gasteiger partial charge on any atom is -0.507 e. The summed E-state index contributed by atoms with van der Waals surface area (Å²) in [5, 5.41) is 20.3. The number of carboxylic acids is 1. The molecule has 0 radical (unpaired) electrons. The average molecular weight is 607 g/mol. The monoisotopic (exact) mass is 607 g/mol. The fourth-order valence-corrected chi connectivity index (χ4v) is 5.83. The molecule has 2 heterocycles. The number of phenolic OH excluding ortho intramolecular Hbond substituents is 1. The van der Waals surface area contributed by atoms with Crippen molar-refractivity contribution in [3.05, 3.63) is 116 Å². The number of rotatable bonds is 6. The predicted molar refractivity (Wildman–Crippen MR) is 147 cm³/mol. The SMILES string of the molecule is Cc1cc(Cn2cnc3c2CC(C(=O)O)N(C(=O)C(c2ccccc2)c2ccccc2)C3)cc(I)c1O. The van der Waals surface area contributed by atoms with Crippen LogP contribution in [0.1, 0.15) is 39.6 Å². The molecule has 0 aliphatic carbocycles. The number of aliphatic carboxylic acids is 1. The van der Waals surface area contributed by atoms with Gasteiger partial charge < -0.3 is 19.7 Å². The van der Waals surface area contributed by atoms with E-state index in [0.717, 1.165) is 31.5 Å². The van der Waals surface area contributed by atoms with Crippen molar-refractivity contribution in [1.29, 1.82) is 0 Å². The topological polar surface area (TPSA) is 95.7 Å². The summed E-state index contributed by atoms with van der Waals surface area (Å²) in [6.07, 6.45) is 1.87. The quantitative estimate of drug-likeness (QED) is 0.310. The van der Waals surface area contributed by atoms with E-state index in [2.05, 4.69) is 27.6 Å². The lowest BCUT2D eigenvalue weighted by Crippen LogP contribution is -2.50. The third-order valence-corrected chi connectivity index (χ3v) is 7.69. The number of hydrogen-bond acceptors (Lipinski definition) is 4. The fraction of sp³-hybridized carbons (Fsp3) is 0.207. The Morgan fingerprint density at radius 1 is 1.05 bits per heavy atom. The van der Waals surface area contributed by atoms with E-state index >= 15 is 0 Å². The van der Waals surface area contributed by atoms with Gasteiger partial charge in [0.2, 0.25) is 5.91 Å². The maximum atomic E-state index is 14.0. The molecule has 1 amide bonds. The van der Waals surface area contributed by atoms with Crippen LogP contribution in [0.25, 0.3) is 0 Å². The molecule has 1 aliphatic rings. The number of carboxylic acid groups (broad SMARTS) is 1. The molecule has 2 N–H and O–H groups in total. The lowest BCUT2D eigenvalue weighted by Gasteiger charge is -2.35. The molecule has 1 aromatic heterocycles. The van der Waals surface area contributed by atoms with Crippen molar-refractivity contribution in [1.82, 2.24) is 14.5 Å². The largest absolute Gasteiger partial charge is 0.507 e. The highest BCUT2D eigenvalue weighted by Gasteiger charge is 2.40. The highest BCUT2D eigenvalue weighted by atomic mass is 127. The summed E-state index contributed by atoms with van der Waals surface area (Å²) in [5.74, 6) is -1.64. The van der Waals surface area contributed by atoms with Crippen molar-refractivity contribution >= 4 is 34.5 Å². The van der Waals surface area contributed by atoms with Crippen molar-refractivity contribution in [2.75, 3.05) is 0 Å². The molecule has 1 unspecified atom stereocenters. The van der Waals surface area contributed by atoms with E-state index in [1.54, 1.807) is 6.33 Å². The van der Waals surface area contributed by atoms with E-state index in [4.69, 9.17) is 0 Å². The maximum Gasteiger partial charge on any atom is 0.326 e. The van der Waals surface area contributed by atoms with E-state index in [1.807, 2.05) is 84.3 Å². The molecule has 0 fully saturated rings. The molecule has 37 heavy (non-hydrogen) atoms. The van der Waals surface area contributed by atoms with Crippen molar-refractivity contribution in [3.8, 4) is 5.75 Å². The van der Waals surface area contributed by atoms with Gasteiger partial charge in [0.15, 0.2) is 0 Å². The Hall–Kier alpha value is -3.66. The predicted octanol–water partition coefficient (Wildman–Crippen LogP) is 4.72. The number of imidazole rings is 1. The zero-order valence-electron chi connectivity index (χ0n) is 20.2. The first kappa shape index (κ1) is 25.0. The highest BCUT2D eigenvalue weighted by Crippen LogP contribution is 2.32. The van der Waals surface area contributed by atoms with Crippen LogP contribution in [0, 0.1) is 10.5 Å². The summed E-state index contributed by atoms with van der Waals surface area (Å²) in [4.78, 5) is 32.5. The minimum absolute atomic E-state index is 0.125. The highest BCUT2D eigenvalue weighted by molar-refractivity contribution is 14.1. The van der Waals surface area contributed by atoms with Crippen LogP contribution in [0.5, 0.6) is 5.75 Å². The number of aryl methyl sites for hydroxylation is 1. The van der Waals surface area contributed by atoms with Crippen molar-refractivity contribution in [2.24, 2.45) is 0 Å². The normalized spacial score (nSPS) is 15.0. The molecule has 5 rings (SSSR count). The third-order valence-electron chi connectivity index (χ3n) is 6.86. The number of carbonyl (C=O) groups is 2. The summed E-state index contributed by atoms with van der Waals surface area (Å²) in [6, 6.07) is 21.7. The van der Waals surface area contributed by atoms with E-state index in [1.165, 1.54) is 4.90 Å². The number of aromatic nitrogens is 2. The van der Waals surface area contributed by atoms with Gasteiger partial charge in [-0.1, -0.05) is 66.7 Å². The Morgan fingerprint density at radius 2 is 1.68 bits per heavy atom. The average Bonchev–Trinajstić information content (AvgIpc) is 3.29.